The van der Waals surface area contributed by atoms with E-state index in [1.54, 1.807) is 21.6 Å². The van der Waals surface area contributed by atoms with Gasteiger partial charge in [0.1, 0.15) is 5.03 Å². The van der Waals surface area contributed by atoms with Gasteiger partial charge in [-0.25, -0.2) is 0 Å². The average Bonchev–Trinajstić information content (AvgIpc) is 2.01. The highest BCUT2D eigenvalue weighted by Gasteiger charge is 1.90. The minimum atomic E-state index is 1.01. The third-order valence-electron chi connectivity index (χ3n) is 0.949. The molecule has 0 aromatic rings. The van der Waals surface area contributed by atoms with Gasteiger partial charge in [0, 0.05) is 6.21 Å². The summed E-state index contributed by atoms with van der Waals surface area (Å²) in [7, 11) is 3.46. The summed E-state index contributed by atoms with van der Waals surface area (Å²) in [4.78, 5) is 4.30. The molecule has 11 heavy (non-hydrogen) atoms. The van der Waals surface area contributed by atoms with Crippen LogP contribution in [-0.4, -0.2) is 12.5 Å². The molecular formula is C8H15NS2. The van der Waals surface area contributed by atoms with Crippen molar-refractivity contribution in [2.45, 2.75) is 26.7 Å². The lowest BCUT2D eigenvalue weighted by atomic mass is 10.5. The SMILES string of the molecule is CCC=N/C(=C\CC)SSC. The van der Waals surface area contributed by atoms with Gasteiger partial charge < -0.3 is 0 Å². The molecule has 1 nitrogen and oxygen atoms in total. The third kappa shape index (κ3) is 6.51. The van der Waals surface area contributed by atoms with Crippen molar-refractivity contribution in [3.8, 4) is 0 Å². The fourth-order valence-electron chi connectivity index (χ4n) is 0.550. The van der Waals surface area contributed by atoms with Gasteiger partial charge in [0.15, 0.2) is 0 Å². The van der Waals surface area contributed by atoms with E-state index in [2.05, 4.69) is 31.2 Å². The van der Waals surface area contributed by atoms with E-state index >= 15 is 0 Å². The maximum atomic E-state index is 4.30. The van der Waals surface area contributed by atoms with E-state index < -0.39 is 0 Å². The Labute approximate surface area is 77.1 Å². The molecule has 0 aliphatic heterocycles. The molecule has 0 saturated carbocycles. The number of hydrogen-bond donors (Lipinski definition) is 0. The monoisotopic (exact) mass is 189 g/mol. The first-order chi connectivity index (χ1) is 5.35. The molecule has 0 aromatic heterocycles. The second kappa shape index (κ2) is 8.21. The minimum absolute atomic E-state index is 1.01. The van der Waals surface area contributed by atoms with Gasteiger partial charge in [0.25, 0.3) is 0 Å². The molecule has 0 N–H and O–H groups in total. The van der Waals surface area contributed by atoms with Crippen LogP contribution in [0, 0.1) is 0 Å². The van der Waals surface area contributed by atoms with Crippen molar-refractivity contribution in [1.82, 2.24) is 0 Å². The predicted molar refractivity (Wildman–Crippen MR) is 58.3 cm³/mol. The van der Waals surface area contributed by atoms with Gasteiger partial charge in [0.2, 0.25) is 0 Å². The van der Waals surface area contributed by atoms with Gasteiger partial charge in [0.05, 0.1) is 0 Å². The van der Waals surface area contributed by atoms with Crippen LogP contribution in [0.5, 0.6) is 0 Å². The molecule has 0 spiro atoms. The first-order valence-corrected chi connectivity index (χ1v) is 6.34. The number of hydrogen-bond acceptors (Lipinski definition) is 3. The molecule has 0 unspecified atom stereocenters. The van der Waals surface area contributed by atoms with Crippen LogP contribution in [0.25, 0.3) is 0 Å². The van der Waals surface area contributed by atoms with E-state index in [-0.39, 0.29) is 0 Å². The Hall–Kier alpha value is 0.110. The molecule has 0 saturated heterocycles. The molecule has 0 aliphatic rings. The van der Waals surface area contributed by atoms with Crippen molar-refractivity contribution in [2.75, 3.05) is 6.26 Å². The molecule has 0 aromatic carbocycles. The second-order valence-electron chi connectivity index (χ2n) is 1.92. The van der Waals surface area contributed by atoms with Gasteiger partial charge in [-0.15, -0.1) is 0 Å². The normalized spacial score (nSPS) is 12.8. The zero-order valence-corrected chi connectivity index (χ0v) is 8.97. The maximum Gasteiger partial charge on any atom is 0.102 e. The lowest BCUT2D eigenvalue weighted by Crippen LogP contribution is -1.71. The largest absolute Gasteiger partial charge is 0.254 e. The standard InChI is InChI=1S/C8H15NS2/c1-4-6-8(11-10-3)9-7-5-2/h6-7H,4-5H2,1-3H3/b8-6+,9-7?. The fourth-order valence-corrected chi connectivity index (χ4v) is 1.92. The van der Waals surface area contributed by atoms with E-state index in [1.807, 2.05) is 6.21 Å². The zero-order valence-electron chi connectivity index (χ0n) is 7.33. The molecular weight excluding hydrogens is 174 g/mol. The van der Waals surface area contributed by atoms with Gasteiger partial charge in [-0.2, -0.15) is 0 Å². The Morgan fingerprint density at radius 3 is 2.55 bits per heavy atom. The highest BCUT2D eigenvalue weighted by Crippen LogP contribution is 2.28. The van der Waals surface area contributed by atoms with E-state index in [0.29, 0.717) is 0 Å². The number of nitrogens with zero attached hydrogens (tertiary/aromatic N) is 1. The zero-order chi connectivity index (χ0) is 8.53. The first-order valence-electron chi connectivity index (χ1n) is 3.78. The van der Waals surface area contributed by atoms with Crippen LogP contribution < -0.4 is 0 Å². The van der Waals surface area contributed by atoms with Gasteiger partial charge >= 0.3 is 0 Å². The van der Waals surface area contributed by atoms with Crippen molar-refractivity contribution in [1.29, 1.82) is 0 Å². The Morgan fingerprint density at radius 2 is 2.09 bits per heavy atom. The maximum absolute atomic E-state index is 4.30. The minimum Gasteiger partial charge on any atom is -0.254 e. The first kappa shape index (κ1) is 11.1. The van der Waals surface area contributed by atoms with Crippen LogP contribution in [0.1, 0.15) is 26.7 Å². The summed E-state index contributed by atoms with van der Waals surface area (Å²) in [6.45, 7) is 4.22. The summed E-state index contributed by atoms with van der Waals surface area (Å²) < 4.78 is 0. The van der Waals surface area contributed by atoms with Gasteiger partial charge in [-0.3, -0.25) is 4.99 Å². The summed E-state index contributed by atoms with van der Waals surface area (Å²) in [5, 5.41) is 1.13. The van der Waals surface area contributed by atoms with E-state index in [4.69, 9.17) is 0 Å². The molecule has 0 amide bonds. The fraction of sp³-hybridized carbons (Fsp3) is 0.625. The van der Waals surface area contributed by atoms with E-state index in [9.17, 15) is 0 Å². The van der Waals surface area contributed by atoms with Crippen LogP contribution in [-0.2, 0) is 0 Å². The molecule has 64 valence electrons. The third-order valence-corrected chi connectivity index (χ3v) is 2.57. The highest BCUT2D eigenvalue weighted by molar-refractivity contribution is 8.77. The van der Waals surface area contributed by atoms with Crippen LogP contribution in [0.4, 0.5) is 0 Å². The van der Waals surface area contributed by atoms with Crippen LogP contribution in [0.3, 0.4) is 0 Å². The van der Waals surface area contributed by atoms with E-state index in [1.165, 1.54) is 0 Å². The Balaban J connectivity index is 3.88. The molecule has 0 bridgehead atoms. The number of aliphatic imine (C=N–C) groups is 1. The van der Waals surface area contributed by atoms with Crippen LogP contribution in [0.15, 0.2) is 16.1 Å². The van der Waals surface area contributed by atoms with Crippen molar-refractivity contribution in [2.24, 2.45) is 4.99 Å². The number of rotatable bonds is 5. The predicted octanol–water partition coefficient (Wildman–Crippen LogP) is 3.73. The molecule has 0 radical (unpaired) electrons. The smallest absolute Gasteiger partial charge is 0.102 e. The van der Waals surface area contributed by atoms with Gasteiger partial charge in [-0.05, 0) is 29.9 Å². The van der Waals surface area contributed by atoms with E-state index in [0.717, 1.165) is 17.9 Å². The quantitative estimate of drug-likeness (QED) is 0.482. The molecule has 3 heteroatoms. The lowest BCUT2D eigenvalue weighted by Gasteiger charge is -1.95. The number of allylic oxidation sites excluding steroid dienone is 1. The van der Waals surface area contributed by atoms with Crippen LogP contribution >= 0.6 is 21.6 Å². The second-order valence-corrected chi connectivity index (χ2v) is 4.34. The van der Waals surface area contributed by atoms with Crippen LogP contribution in [0.2, 0.25) is 0 Å². The molecule has 0 fully saturated rings. The van der Waals surface area contributed by atoms with Crippen molar-refractivity contribution < 1.29 is 0 Å². The molecule has 0 rings (SSSR count). The summed E-state index contributed by atoms with van der Waals surface area (Å²) >= 11 is 0. The average molecular weight is 189 g/mol. The summed E-state index contributed by atoms with van der Waals surface area (Å²) in [6, 6.07) is 0. The van der Waals surface area contributed by atoms with Gasteiger partial charge in [-0.1, -0.05) is 30.7 Å². The topological polar surface area (TPSA) is 12.4 Å². The highest BCUT2D eigenvalue weighted by atomic mass is 33.1. The van der Waals surface area contributed by atoms with Crippen molar-refractivity contribution >= 4 is 27.8 Å². The Kier molecular flexibility index (Phi) is 8.29. The summed E-state index contributed by atoms with van der Waals surface area (Å²) in [5.41, 5.74) is 0. The molecule has 0 heterocycles. The molecule has 0 aliphatic carbocycles. The lowest BCUT2D eigenvalue weighted by molar-refractivity contribution is 1.20. The Morgan fingerprint density at radius 1 is 1.36 bits per heavy atom. The van der Waals surface area contributed by atoms with Crippen molar-refractivity contribution in [3.63, 3.8) is 0 Å². The Bertz CT molecular complexity index is 141. The summed E-state index contributed by atoms with van der Waals surface area (Å²) in [6.07, 6.45) is 8.23. The summed E-state index contributed by atoms with van der Waals surface area (Å²) in [5.74, 6) is 0. The van der Waals surface area contributed by atoms with Crippen molar-refractivity contribution in [3.05, 3.63) is 11.1 Å². The molecule has 0 atom stereocenters.